The van der Waals surface area contributed by atoms with Crippen LogP contribution in [-0.2, 0) is 11.3 Å². The number of rotatable bonds is 9. The van der Waals surface area contributed by atoms with Crippen molar-refractivity contribution in [2.75, 3.05) is 35.7 Å². The Morgan fingerprint density at radius 1 is 1.29 bits per heavy atom. The van der Waals surface area contributed by atoms with Crippen LogP contribution in [0.3, 0.4) is 0 Å². The van der Waals surface area contributed by atoms with Gasteiger partial charge in [0.05, 0.1) is 6.61 Å². The molecule has 0 spiro atoms. The predicted octanol–water partition coefficient (Wildman–Crippen LogP) is 3.64. The molecule has 0 aromatic heterocycles. The van der Waals surface area contributed by atoms with Crippen LogP contribution in [0.1, 0.15) is 19.4 Å². The highest BCUT2D eigenvalue weighted by Gasteiger charge is 2.11. The lowest BCUT2D eigenvalue weighted by Crippen LogP contribution is -2.27. The number of amides is 1. The molecule has 21 heavy (non-hydrogen) atoms. The molecule has 0 saturated carbocycles. The smallest absolute Gasteiger partial charge is 0.221 e. The Morgan fingerprint density at radius 3 is 2.48 bits per heavy atom. The molecule has 0 bridgehead atoms. The third-order valence-corrected chi connectivity index (χ3v) is 3.59. The van der Waals surface area contributed by atoms with Crippen LogP contribution in [0.2, 0.25) is 0 Å². The van der Waals surface area contributed by atoms with Crippen molar-refractivity contribution in [3.8, 4) is 5.75 Å². The Bertz CT molecular complexity index is 449. The molecule has 0 saturated heterocycles. The van der Waals surface area contributed by atoms with E-state index in [1.165, 1.54) is 6.92 Å². The average Bonchev–Trinajstić information content (AvgIpc) is 2.42. The van der Waals surface area contributed by atoms with E-state index < -0.39 is 0 Å². The van der Waals surface area contributed by atoms with E-state index >= 15 is 0 Å². The van der Waals surface area contributed by atoms with Gasteiger partial charge in [0.25, 0.3) is 0 Å². The molecule has 1 aromatic carbocycles. The Morgan fingerprint density at radius 2 is 1.95 bits per heavy atom. The van der Waals surface area contributed by atoms with Gasteiger partial charge < -0.3 is 10.1 Å². The number of hydrogen-bond acceptors (Lipinski definition) is 3. The van der Waals surface area contributed by atoms with Gasteiger partial charge in [-0.1, -0.05) is 31.9 Å². The van der Waals surface area contributed by atoms with E-state index in [-0.39, 0.29) is 5.91 Å². The minimum Gasteiger partial charge on any atom is -0.494 e. The average molecular weight is 422 g/mol. The molecule has 0 radical (unpaired) electrons. The zero-order valence-electron chi connectivity index (χ0n) is 12.5. The minimum atomic E-state index is -0.0668. The summed E-state index contributed by atoms with van der Waals surface area (Å²) in [5, 5.41) is 4.67. The molecule has 1 amide bonds. The van der Waals surface area contributed by atoms with Crippen molar-refractivity contribution < 1.29 is 9.53 Å². The van der Waals surface area contributed by atoms with Crippen molar-refractivity contribution in [1.29, 1.82) is 0 Å². The van der Waals surface area contributed by atoms with E-state index in [4.69, 9.17) is 4.74 Å². The number of alkyl halides is 2. The van der Waals surface area contributed by atoms with E-state index in [1.807, 2.05) is 25.1 Å². The lowest BCUT2D eigenvalue weighted by molar-refractivity contribution is -0.114. The maximum Gasteiger partial charge on any atom is 0.221 e. The van der Waals surface area contributed by atoms with E-state index in [9.17, 15) is 4.79 Å². The van der Waals surface area contributed by atoms with Crippen molar-refractivity contribution in [3.63, 3.8) is 0 Å². The molecule has 0 unspecified atom stereocenters. The summed E-state index contributed by atoms with van der Waals surface area (Å²) in [6.07, 6.45) is 0. The van der Waals surface area contributed by atoms with Crippen molar-refractivity contribution in [2.45, 2.75) is 20.4 Å². The number of carbonyl (C=O) groups excluding carboxylic acids is 1. The van der Waals surface area contributed by atoms with Crippen molar-refractivity contribution in [2.24, 2.45) is 0 Å². The van der Waals surface area contributed by atoms with Crippen molar-refractivity contribution in [1.82, 2.24) is 4.90 Å². The van der Waals surface area contributed by atoms with Crippen LogP contribution in [0.25, 0.3) is 0 Å². The topological polar surface area (TPSA) is 41.6 Å². The van der Waals surface area contributed by atoms with Gasteiger partial charge in [-0.05, 0) is 25.1 Å². The largest absolute Gasteiger partial charge is 0.494 e. The van der Waals surface area contributed by atoms with Gasteiger partial charge in [0, 0.05) is 48.5 Å². The highest BCUT2D eigenvalue weighted by molar-refractivity contribution is 9.09. The van der Waals surface area contributed by atoms with Crippen LogP contribution in [0.5, 0.6) is 5.75 Å². The monoisotopic (exact) mass is 420 g/mol. The van der Waals surface area contributed by atoms with Crippen LogP contribution in [0, 0.1) is 0 Å². The molecule has 0 fully saturated rings. The molecular weight excluding hydrogens is 400 g/mol. The molecule has 4 nitrogen and oxygen atoms in total. The Kier molecular flexibility index (Phi) is 8.96. The van der Waals surface area contributed by atoms with E-state index in [1.54, 1.807) is 0 Å². The minimum absolute atomic E-state index is 0.0668. The third-order valence-electron chi connectivity index (χ3n) is 2.88. The lowest BCUT2D eigenvalue weighted by Gasteiger charge is -2.22. The summed E-state index contributed by atoms with van der Waals surface area (Å²) in [6.45, 7) is 6.82. The molecule has 0 atom stereocenters. The zero-order chi connectivity index (χ0) is 15.7. The summed E-state index contributed by atoms with van der Waals surface area (Å²) in [6, 6.07) is 5.78. The van der Waals surface area contributed by atoms with Crippen molar-refractivity contribution in [3.05, 3.63) is 23.8 Å². The van der Waals surface area contributed by atoms with E-state index in [2.05, 4.69) is 42.1 Å². The number of anilines is 1. The van der Waals surface area contributed by atoms with Gasteiger partial charge in [0.2, 0.25) is 5.91 Å². The molecule has 0 aliphatic heterocycles. The molecular formula is C15H22Br2N2O2. The van der Waals surface area contributed by atoms with E-state index in [0.717, 1.165) is 47.3 Å². The Balaban J connectivity index is 2.94. The van der Waals surface area contributed by atoms with Crippen LogP contribution in [-0.4, -0.2) is 41.2 Å². The highest BCUT2D eigenvalue weighted by Crippen LogP contribution is 2.24. The summed E-state index contributed by atoms with van der Waals surface area (Å²) in [4.78, 5) is 13.5. The standard InChI is InChI=1S/C15H22Br2N2O2/c1-3-21-15-5-4-14(18-12(2)20)10-13(15)11-19(8-6-16)9-7-17/h4-5,10H,3,6-9,11H2,1-2H3,(H,18,20). The van der Waals surface area contributed by atoms with Gasteiger partial charge in [0.1, 0.15) is 5.75 Å². The number of ether oxygens (including phenoxy) is 1. The first-order chi connectivity index (χ1) is 10.1. The van der Waals surface area contributed by atoms with Gasteiger partial charge >= 0.3 is 0 Å². The molecule has 1 N–H and O–H groups in total. The first-order valence-corrected chi connectivity index (χ1v) is 9.22. The SMILES string of the molecule is CCOc1ccc(NC(C)=O)cc1CN(CCBr)CCBr. The third kappa shape index (κ3) is 6.80. The van der Waals surface area contributed by atoms with Gasteiger partial charge in [-0.2, -0.15) is 0 Å². The van der Waals surface area contributed by atoms with Gasteiger partial charge in [-0.15, -0.1) is 0 Å². The second-order valence-electron chi connectivity index (χ2n) is 4.59. The number of halogens is 2. The first kappa shape index (κ1) is 18.5. The number of hydrogen-bond donors (Lipinski definition) is 1. The molecule has 0 aliphatic carbocycles. The fourth-order valence-electron chi connectivity index (χ4n) is 2.03. The Labute approximate surface area is 143 Å². The number of nitrogens with one attached hydrogen (secondary N) is 1. The van der Waals surface area contributed by atoms with Crippen LogP contribution < -0.4 is 10.1 Å². The van der Waals surface area contributed by atoms with Crippen LogP contribution in [0.4, 0.5) is 5.69 Å². The summed E-state index contributed by atoms with van der Waals surface area (Å²) < 4.78 is 5.69. The van der Waals surface area contributed by atoms with Gasteiger partial charge in [-0.25, -0.2) is 0 Å². The first-order valence-electron chi connectivity index (χ1n) is 6.98. The van der Waals surface area contributed by atoms with Gasteiger partial charge in [-0.3, -0.25) is 9.69 Å². The normalized spacial score (nSPS) is 10.7. The highest BCUT2D eigenvalue weighted by atomic mass is 79.9. The fourth-order valence-corrected chi connectivity index (χ4v) is 3.03. The quantitative estimate of drug-likeness (QED) is 0.619. The molecule has 6 heteroatoms. The second kappa shape index (κ2) is 10.2. The van der Waals surface area contributed by atoms with Crippen LogP contribution in [0.15, 0.2) is 18.2 Å². The van der Waals surface area contributed by atoms with Gasteiger partial charge in [0.15, 0.2) is 0 Å². The summed E-state index contributed by atoms with van der Waals surface area (Å²) in [7, 11) is 0. The summed E-state index contributed by atoms with van der Waals surface area (Å²) in [5.74, 6) is 0.809. The number of nitrogens with zero attached hydrogens (tertiary/aromatic N) is 1. The number of benzene rings is 1. The number of carbonyl (C=O) groups is 1. The summed E-state index contributed by atoms with van der Waals surface area (Å²) >= 11 is 6.97. The van der Waals surface area contributed by atoms with Crippen molar-refractivity contribution >= 4 is 43.5 Å². The summed E-state index contributed by atoms with van der Waals surface area (Å²) in [5.41, 5.74) is 1.89. The predicted molar refractivity (Wildman–Crippen MR) is 94.8 cm³/mol. The lowest BCUT2D eigenvalue weighted by atomic mass is 10.1. The molecule has 1 aromatic rings. The maximum atomic E-state index is 11.2. The molecule has 1 rings (SSSR count). The fraction of sp³-hybridized carbons (Fsp3) is 0.533. The maximum absolute atomic E-state index is 11.2. The van der Waals surface area contributed by atoms with E-state index in [0.29, 0.717) is 6.61 Å². The molecule has 0 heterocycles. The van der Waals surface area contributed by atoms with Crippen LogP contribution >= 0.6 is 31.9 Å². The zero-order valence-corrected chi connectivity index (χ0v) is 15.7. The Hall–Kier alpha value is -0.590. The molecule has 118 valence electrons. The second-order valence-corrected chi connectivity index (χ2v) is 6.18. The molecule has 0 aliphatic rings.